The van der Waals surface area contributed by atoms with Gasteiger partial charge in [-0.3, -0.25) is 9.59 Å². The maximum Gasteiger partial charge on any atom is 0.241 e. The van der Waals surface area contributed by atoms with Crippen LogP contribution in [0.3, 0.4) is 0 Å². The third kappa shape index (κ3) is 2.22. The molecule has 0 aliphatic carbocycles. The van der Waals surface area contributed by atoms with Crippen molar-refractivity contribution in [3.05, 3.63) is 78.4 Å². The highest BCUT2D eigenvalue weighted by Crippen LogP contribution is 2.57. The summed E-state index contributed by atoms with van der Waals surface area (Å²) in [5.74, 6) is -1.13. The Morgan fingerprint density at radius 3 is 2.63 bits per heavy atom. The summed E-state index contributed by atoms with van der Waals surface area (Å²) in [7, 11) is 0. The molecule has 1 spiro atoms. The normalized spacial score (nSPS) is 27.7. The first kappa shape index (κ1) is 18.6. The van der Waals surface area contributed by atoms with Crippen LogP contribution in [0.1, 0.15) is 24.0 Å². The van der Waals surface area contributed by atoms with E-state index in [1.165, 1.54) is 0 Å². The molecule has 2 aromatic rings. The molecule has 3 aliphatic heterocycles. The Kier molecular flexibility index (Phi) is 4.24. The topological polar surface area (TPSA) is 73.2 Å². The summed E-state index contributed by atoms with van der Waals surface area (Å²) >= 11 is 0. The van der Waals surface area contributed by atoms with E-state index in [4.69, 9.17) is 0 Å². The van der Waals surface area contributed by atoms with Crippen molar-refractivity contribution >= 4 is 23.2 Å². The van der Waals surface area contributed by atoms with E-state index in [9.17, 15) is 14.8 Å². The minimum atomic E-state index is -1.11. The third-order valence-electron chi connectivity index (χ3n) is 6.77. The van der Waals surface area contributed by atoms with Gasteiger partial charge in [-0.25, -0.2) is 0 Å². The van der Waals surface area contributed by atoms with E-state index in [0.29, 0.717) is 18.7 Å². The molecule has 6 nitrogen and oxygen atoms in total. The molecule has 2 aromatic carbocycles. The minimum Gasteiger partial charge on any atom is -0.411 e. The van der Waals surface area contributed by atoms with Crippen molar-refractivity contribution in [3.8, 4) is 0 Å². The first-order valence-corrected chi connectivity index (χ1v) is 10.3. The van der Waals surface area contributed by atoms with Gasteiger partial charge < -0.3 is 15.0 Å². The number of anilines is 1. The highest BCUT2D eigenvalue weighted by atomic mass is 16.4. The van der Waals surface area contributed by atoms with E-state index >= 15 is 0 Å². The number of carbonyl (C=O) groups excluding carboxylic acids is 2. The standard InChI is InChI=1S/C24H23N3O3/c1-2-14-26-18-12-7-6-11-17(18)24(23(26)29)19-13-8-15-27(19)22(28)20(24)21(25-30)16-9-4-3-5-10-16/h2-7,9-12,19-20,30H,1,8,13-15H2/b25-21+/t19?,20-,24-/m1/s1. The predicted octanol–water partition coefficient (Wildman–Crippen LogP) is 2.96. The molecule has 3 aliphatic rings. The van der Waals surface area contributed by atoms with E-state index in [2.05, 4.69) is 11.7 Å². The van der Waals surface area contributed by atoms with Crippen molar-refractivity contribution in [2.45, 2.75) is 24.3 Å². The van der Waals surface area contributed by atoms with Gasteiger partial charge in [0.2, 0.25) is 11.8 Å². The zero-order chi connectivity index (χ0) is 20.9. The molecule has 2 saturated heterocycles. The van der Waals surface area contributed by atoms with Gasteiger partial charge in [-0.2, -0.15) is 0 Å². The molecule has 0 radical (unpaired) electrons. The number of benzene rings is 2. The summed E-state index contributed by atoms with van der Waals surface area (Å²) in [5, 5.41) is 13.6. The number of nitrogens with zero attached hydrogens (tertiary/aromatic N) is 3. The maximum atomic E-state index is 14.1. The number of rotatable bonds is 4. The fraction of sp³-hybridized carbons (Fsp3) is 0.292. The Balaban J connectivity index is 1.78. The average Bonchev–Trinajstić information content (AvgIpc) is 3.42. The van der Waals surface area contributed by atoms with Gasteiger partial charge in [-0.05, 0) is 24.5 Å². The molecule has 0 bridgehead atoms. The minimum absolute atomic E-state index is 0.117. The molecule has 30 heavy (non-hydrogen) atoms. The van der Waals surface area contributed by atoms with Crippen LogP contribution in [0.5, 0.6) is 0 Å². The number of hydrogen-bond donors (Lipinski definition) is 1. The van der Waals surface area contributed by atoms with Crippen LogP contribution in [0, 0.1) is 5.92 Å². The van der Waals surface area contributed by atoms with Crippen LogP contribution >= 0.6 is 0 Å². The van der Waals surface area contributed by atoms with Gasteiger partial charge in [-0.1, -0.05) is 59.8 Å². The van der Waals surface area contributed by atoms with E-state index in [-0.39, 0.29) is 23.6 Å². The lowest BCUT2D eigenvalue weighted by Gasteiger charge is -2.33. The number of para-hydroxylation sites is 1. The van der Waals surface area contributed by atoms with Gasteiger partial charge in [-0.15, -0.1) is 6.58 Å². The second-order valence-corrected chi connectivity index (χ2v) is 8.06. The Bertz CT molecular complexity index is 1060. The van der Waals surface area contributed by atoms with Crippen molar-refractivity contribution in [2.24, 2.45) is 11.1 Å². The van der Waals surface area contributed by atoms with Gasteiger partial charge >= 0.3 is 0 Å². The molecule has 0 aromatic heterocycles. The molecule has 3 heterocycles. The molecule has 6 heteroatoms. The smallest absolute Gasteiger partial charge is 0.241 e. The summed E-state index contributed by atoms with van der Waals surface area (Å²) in [6.07, 6.45) is 3.31. The Labute approximate surface area is 175 Å². The quantitative estimate of drug-likeness (QED) is 0.371. The Morgan fingerprint density at radius 1 is 1.17 bits per heavy atom. The van der Waals surface area contributed by atoms with Crippen LogP contribution < -0.4 is 4.90 Å². The largest absolute Gasteiger partial charge is 0.411 e. The molecule has 5 rings (SSSR count). The van der Waals surface area contributed by atoms with Crippen LogP contribution in [-0.4, -0.2) is 46.8 Å². The van der Waals surface area contributed by atoms with Crippen molar-refractivity contribution in [2.75, 3.05) is 18.0 Å². The molecule has 2 fully saturated rings. The molecular formula is C24H23N3O3. The monoisotopic (exact) mass is 401 g/mol. The number of amides is 2. The van der Waals surface area contributed by atoms with E-state index in [1.54, 1.807) is 11.0 Å². The summed E-state index contributed by atoms with van der Waals surface area (Å²) in [4.78, 5) is 31.3. The molecular weight excluding hydrogens is 378 g/mol. The first-order chi connectivity index (χ1) is 14.7. The number of oxime groups is 1. The third-order valence-corrected chi connectivity index (χ3v) is 6.77. The Morgan fingerprint density at radius 2 is 1.90 bits per heavy atom. The second kappa shape index (κ2) is 6.83. The molecule has 0 saturated carbocycles. The van der Waals surface area contributed by atoms with Crippen LogP contribution in [0.25, 0.3) is 0 Å². The van der Waals surface area contributed by atoms with Crippen LogP contribution in [-0.2, 0) is 15.0 Å². The van der Waals surface area contributed by atoms with Crippen LogP contribution in [0.2, 0.25) is 0 Å². The lowest BCUT2D eigenvalue weighted by atomic mass is 9.65. The summed E-state index contributed by atoms with van der Waals surface area (Å²) in [5.41, 5.74) is 1.43. The SMILES string of the molecule is C=CCN1C(=O)[C@]2(c3ccccc31)C1CCCN1C(=O)[C@H]2/C(=N/O)c1ccccc1. The lowest BCUT2D eigenvalue weighted by Crippen LogP contribution is -2.52. The molecule has 1 unspecified atom stereocenters. The molecule has 3 atom stereocenters. The summed E-state index contributed by atoms with van der Waals surface area (Å²) < 4.78 is 0. The molecule has 1 N–H and O–H groups in total. The van der Waals surface area contributed by atoms with Crippen LogP contribution in [0.15, 0.2) is 72.4 Å². The van der Waals surface area contributed by atoms with Gasteiger partial charge in [0.05, 0.1) is 6.04 Å². The van der Waals surface area contributed by atoms with E-state index in [1.807, 2.05) is 59.5 Å². The van der Waals surface area contributed by atoms with Gasteiger partial charge in [0.15, 0.2) is 0 Å². The Hall–Kier alpha value is -3.41. The van der Waals surface area contributed by atoms with E-state index in [0.717, 1.165) is 24.1 Å². The second-order valence-electron chi connectivity index (χ2n) is 8.06. The summed E-state index contributed by atoms with van der Waals surface area (Å²) in [6, 6.07) is 16.6. The van der Waals surface area contributed by atoms with Crippen LogP contribution in [0.4, 0.5) is 5.69 Å². The van der Waals surface area contributed by atoms with Crippen molar-refractivity contribution in [1.82, 2.24) is 4.90 Å². The maximum absolute atomic E-state index is 14.1. The first-order valence-electron chi connectivity index (χ1n) is 10.3. The van der Waals surface area contributed by atoms with Crippen molar-refractivity contribution in [3.63, 3.8) is 0 Å². The highest BCUT2D eigenvalue weighted by Gasteiger charge is 2.70. The zero-order valence-corrected chi connectivity index (χ0v) is 16.6. The van der Waals surface area contributed by atoms with E-state index < -0.39 is 11.3 Å². The number of carbonyl (C=O) groups is 2. The lowest BCUT2D eigenvalue weighted by molar-refractivity contribution is -0.130. The predicted molar refractivity (Wildman–Crippen MR) is 114 cm³/mol. The fourth-order valence-electron chi connectivity index (χ4n) is 5.70. The average molecular weight is 401 g/mol. The number of hydrogen-bond acceptors (Lipinski definition) is 4. The van der Waals surface area contributed by atoms with Gasteiger partial charge in [0.1, 0.15) is 17.0 Å². The zero-order valence-electron chi connectivity index (χ0n) is 16.6. The van der Waals surface area contributed by atoms with Crippen molar-refractivity contribution < 1.29 is 14.8 Å². The summed E-state index contributed by atoms with van der Waals surface area (Å²) in [6.45, 7) is 4.79. The highest BCUT2D eigenvalue weighted by molar-refractivity contribution is 6.23. The number of fused-ring (bicyclic) bond motifs is 4. The fourth-order valence-corrected chi connectivity index (χ4v) is 5.70. The molecule has 152 valence electrons. The van der Waals surface area contributed by atoms with Crippen molar-refractivity contribution in [1.29, 1.82) is 0 Å². The molecule has 2 amide bonds. The van der Waals surface area contributed by atoms with Gasteiger partial charge in [0, 0.05) is 24.3 Å². The van der Waals surface area contributed by atoms with Gasteiger partial charge in [0.25, 0.3) is 0 Å².